The highest BCUT2D eigenvalue weighted by Gasteiger charge is 2.15. The minimum atomic E-state index is -0.364. The van der Waals surface area contributed by atoms with E-state index in [4.69, 9.17) is 27.9 Å². The summed E-state index contributed by atoms with van der Waals surface area (Å²) < 4.78 is 5.23. The van der Waals surface area contributed by atoms with Gasteiger partial charge in [0.25, 0.3) is 5.91 Å². The molecule has 0 atom stereocenters. The monoisotopic (exact) mass is 348 g/mol. The van der Waals surface area contributed by atoms with Crippen LogP contribution in [0, 0.1) is 0 Å². The maximum absolute atomic E-state index is 12.5. The van der Waals surface area contributed by atoms with Gasteiger partial charge in [0.2, 0.25) is 0 Å². The van der Waals surface area contributed by atoms with Crippen molar-refractivity contribution in [3.8, 4) is 5.75 Å². The topological polar surface area (TPSA) is 77.0 Å². The Labute approximate surface area is 141 Å². The van der Waals surface area contributed by atoms with Gasteiger partial charge in [0.05, 0.1) is 12.7 Å². The standard InChI is InChI=1S/C15H10Cl2N4O2/c1-23-10-3-2-9(13-14(10)19-5-4-18-13)15(22)20-8-6-11(16)21-12(17)7-8/h2-7H,1H3,(H,20,21,22). The second kappa shape index (κ2) is 6.36. The molecule has 8 heteroatoms. The number of amides is 1. The molecule has 116 valence electrons. The molecule has 6 nitrogen and oxygen atoms in total. The van der Waals surface area contributed by atoms with Crippen molar-refractivity contribution in [3.05, 3.63) is 52.5 Å². The lowest BCUT2D eigenvalue weighted by molar-refractivity contribution is 0.102. The maximum atomic E-state index is 12.5. The molecular weight excluding hydrogens is 339 g/mol. The van der Waals surface area contributed by atoms with Gasteiger partial charge in [0, 0.05) is 18.1 Å². The number of aromatic nitrogens is 3. The summed E-state index contributed by atoms with van der Waals surface area (Å²) in [5, 5.41) is 3.09. The van der Waals surface area contributed by atoms with Crippen LogP contribution in [0.15, 0.2) is 36.7 Å². The molecule has 0 aliphatic heterocycles. The van der Waals surface area contributed by atoms with Crippen molar-refractivity contribution in [2.45, 2.75) is 0 Å². The number of pyridine rings is 1. The first-order chi connectivity index (χ1) is 11.1. The van der Waals surface area contributed by atoms with Crippen LogP contribution in [0.2, 0.25) is 10.3 Å². The van der Waals surface area contributed by atoms with Crippen molar-refractivity contribution in [3.63, 3.8) is 0 Å². The number of nitrogens with one attached hydrogen (secondary N) is 1. The zero-order chi connectivity index (χ0) is 16.4. The van der Waals surface area contributed by atoms with Crippen LogP contribution >= 0.6 is 23.2 Å². The summed E-state index contributed by atoms with van der Waals surface area (Å²) in [5.74, 6) is 0.177. The first kappa shape index (κ1) is 15.5. The number of halogens is 2. The van der Waals surface area contributed by atoms with E-state index in [0.29, 0.717) is 28.0 Å². The normalized spacial score (nSPS) is 10.6. The van der Waals surface area contributed by atoms with Gasteiger partial charge >= 0.3 is 0 Å². The molecule has 3 aromatic rings. The number of fused-ring (bicyclic) bond motifs is 1. The lowest BCUT2D eigenvalue weighted by atomic mass is 10.1. The van der Waals surface area contributed by atoms with Crippen molar-refractivity contribution in [1.29, 1.82) is 0 Å². The van der Waals surface area contributed by atoms with Crippen molar-refractivity contribution in [2.24, 2.45) is 0 Å². The zero-order valence-electron chi connectivity index (χ0n) is 11.9. The smallest absolute Gasteiger partial charge is 0.257 e. The SMILES string of the molecule is COc1ccc(C(=O)Nc2cc(Cl)nc(Cl)c2)c2nccnc12. The summed E-state index contributed by atoms with van der Waals surface area (Å²) in [6, 6.07) is 6.29. The van der Waals surface area contributed by atoms with Crippen molar-refractivity contribution in [1.82, 2.24) is 15.0 Å². The fourth-order valence-corrected chi connectivity index (χ4v) is 2.58. The van der Waals surface area contributed by atoms with E-state index in [0.717, 1.165) is 0 Å². The van der Waals surface area contributed by atoms with E-state index in [9.17, 15) is 4.79 Å². The Hall–Kier alpha value is -2.44. The average Bonchev–Trinajstić information content (AvgIpc) is 2.52. The molecule has 0 radical (unpaired) electrons. The minimum Gasteiger partial charge on any atom is -0.494 e. The van der Waals surface area contributed by atoms with E-state index in [1.54, 1.807) is 12.1 Å². The highest BCUT2D eigenvalue weighted by atomic mass is 35.5. The van der Waals surface area contributed by atoms with E-state index in [1.165, 1.54) is 31.6 Å². The number of benzene rings is 1. The number of methoxy groups -OCH3 is 1. The van der Waals surface area contributed by atoms with Crippen LogP contribution in [0.3, 0.4) is 0 Å². The number of hydrogen-bond donors (Lipinski definition) is 1. The Balaban J connectivity index is 2.01. The van der Waals surface area contributed by atoms with Crippen molar-refractivity contribution >= 4 is 45.8 Å². The van der Waals surface area contributed by atoms with Crippen LogP contribution in [0.5, 0.6) is 5.75 Å². The fourth-order valence-electron chi connectivity index (χ4n) is 2.12. The predicted molar refractivity (Wildman–Crippen MR) is 88.3 cm³/mol. The summed E-state index contributed by atoms with van der Waals surface area (Å²) in [4.78, 5) is 24.8. The molecule has 0 unspecified atom stereocenters. The molecule has 0 aliphatic carbocycles. The molecule has 3 rings (SSSR count). The zero-order valence-corrected chi connectivity index (χ0v) is 13.4. The largest absolute Gasteiger partial charge is 0.494 e. The second-order valence-electron chi connectivity index (χ2n) is 4.52. The number of ether oxygens (including phenoxy) is 1. The van der Waals surface area contributed by atoms with E-state index in [-0.39, 0.29) is 16.2 Å². The third-order valence-corrected chi connectivity index (χ3v) is 3.46. The Morgan fingerprint density at radius 2 is 1.74 bits per heavy atom. The molecular formula is C15H10Cl2N4O2. The van der Waals surface area contributed by atoms with Gasteiger partial charge in [-0.2, -0.15) is 0 Å². The van der Waals surface area contributed by atoms with Gasteiger partial charge in [-0.15, -0.1) is 0 Å². The Morgan fingerprint density at radius 3 is 2.39 bits per heavy atom. The van der Waals surface area contributed by atoms with Gasteiger partial charge in [0.15, 0.2) is 0 Å². The van der Waals surface area contributed by atoms with Gasteiger partial charge < -0.3 is 10.1 Å². The number of hydrogen-bond acceptors (Lipinski definition) is 5. The highest BCUT2D eigenvalue weighted by molar-refractivity contribution is 6.33. The third kappa shape index (κ3) is 3.18. The van der Waals surface area contributed by atoms with Gasteiger partial charge in [-0.1, -0.05) is 23.2 Å². The Bertz CT molecular complexity index is 882. The molecule has 0 spiro atoms. The summed E-state index contributed by atoms with van der Waals surface area (Å²) in [5.41, 5.74) is 1.75. The van der Waals surface area contributed by atoms with Crippen LogP contribution in [0.4, 0.5) is 5.69 Å². The summed E-state index contributed by atoms with van der Waals surface area (Å²) >= 11 is 11.7. The Kier molecular flexibility index (Phi) is 4.27. The predicted octanol–water partition coefficient (Wildman–Crippen LogP) is 3.59. The van der Waals surface area contributed by atoms with E-state index in [1.807, 2.05) is 0 Å². The first-order valence-electron chi connectivity index (χ1n) is 6.50. The summed E-state index contributed by atoms with van der Waals surface area (Å²) in [7, 11) is 1.53. The van der Waals surface area contributed by atoms with Crippen molar-refractivity contribution < 1.29 is 9.53 Å². The summed E-state index contributed by atoms with van der Waals surface area (Å²) in [6.45, 7) is 0. The van der Waals surface area contributed by atoms with Crippen LogP contribution in [-0.2, 0) is 0 Å². The highest BCUT2D eigenvalue weighted by Crippen LogP contribution is 2.26. The molecule has 1 N–H and O–H groups in total. The number of anilines is 1. The second-order valence-corrected chi connectivity index (χ2v) is 5.30. The number of rotatable bonds is 3. The number of carbonyl (C=O) groups is 1. The molecule has 0 saturated carbocycles. The van der Waals surface area contributed by atoms with Crippen LogP contribution in [0.1, 0.15) is 10.4 Å². The maximum Gasteiger partial charge on any atom is 0.257 e. The fraction of sp³-hybridized carbons (Fsp3) is 0.0667. The number of carbonyl (C=O) groups excluding carboxylic acids is 1. The van der Waals surface area contributed by atoms with Gasteiger partial charge in [-0.05, 0) is 24.3 Å². The van der Waals surface area contributed by atoms with Crippen LogP contribution < -0.4 is 10.1 Å². The van der Waals surface area contributed by atoms with E-state index >= 15 is 0 Å². The van der Waals surface area contributed by atoms with Gasteiger partial charge in [-0.3, -0.25) is 9.78 Å². The third-order valence-electron chi connectivity index (χ3n) is 3.07. The molecule has 0 saturated heterocycles. The molecule has 0 aliphatic rings. The molecule has 23 heavy (non-hydrogen) atoms. The average molecular weight is 349 g/mol. The molecule has 1 aromatic carbocycles. The first-order valence-corrected chi connectivity index (χ1v) is 7.26. The molecule has 0 fully saturated rings. The van der Waals surface area contributed by atoms with Gasteiger partial charge in [-0.25, -0.2) is 9.97 Å². The van der Waals surface area contributed by atoms with Gasteiger partial charge in [0.1, 0.15) is 27.1 Å². The summed E-state index contributed by atoms with van der Waals surface area (Å²) in [6.07, 6.45) is 3.05. The Morgan fingerprint density at radius 1 is 1.09 bits per heavy atom. The van der Waals surface area contributed by atoms with Crippen molar-refractivity contribution in [2.75, 3.05) is 12.4 Å². The lowest BCUT2D eigenvalue weighted by Gasteiger charge is -2.10. The molecule has 2 aromatic heterocycles. The van der Waals surface area contributed by atoms with Crippen LogP contribution in [-0.4, -0.2) is 28.0 Å². The minimum absolute atomic E-state index is 0.187. The molecule has 1 amide bonds. The lowest BCUT2D eigenvalue weighted by Crippen LogP contribution is -2.13. The quantitative estimate of drug-likeness (QED) is 0.731. The molecule has 0 bridgehead atoms. The van der Waals surface area contributed by atoms with E-state index < -0.39 is 0 Å². The number of nitrogens with zero attached hydrogens (tertiary/aromatic N) is 3. The van der Waals surface area contributed by atoms with E-state index in [2.05, 4.69) is 20.3 Å². The molecule has 2 heterocycles. The van der Waals surface area contributed by atoms with Crippen LogP contribution in [0.25, 0.3) is 11.0 Å².